The first kappa shape index (κ1) is 20.6. The van der Waals surface area contributed by atoms with Gasteiger partial charge in [-0.2, -0.15) is 5.10 Å². The van der Waals surface area contributed by atoms with Crippen molar-refractivity contribution in [3.8, 4) is 0 Å². The smallest absolute Gasteiger partial charge is 0.253 e. The molecule has 4 rings (SSSR count). The Labute approximate surface area is 177 Å². The lowest BCUT2D eigenvalue weighted by molar-refractivity contribution is -0.133. The molecular weight excluding hydrogens is 378 g/mol. The zero-order valence-corrected chi connectivity index (χ0v) is 18.5. The number of nitrogens with zero attached hydrogens (tertiary/aromatic N) is 4. The average molecular weight is 410 g/mol. The minimum Gasteiger partial charge on any atom is -0.341 e. The maximum absolute atomic E-state index is 13.2. The van der Waals surface area contributed by atoms with Crippen LogP contribution in [-0.2, 0) is 10.2 Å². The number of hydrogen-bond donors (Lipinski definition) is 1. The quantitative estimate of drug-likeness (QED) is 0.845. The second-order valence-corrected chi connectivity index (χ2v) is 9.27. The number of amides is 2. The van der Waals surface area contributed by atoms with Crippen LogP contribution in [0.4, 0.5) is 0 Å². The lowest BCUT2D eigenvalue weighted by Gasteiger charge is -2.41. The van der Waals surface area contributed by atoms with Crippen LogP contribution < -0.4 is 0 Å². The van der Waals surface area contributed by atoms with Crippen LogP contribution in [0, 0.1) is 32.6 Å². The largest absolute Gasteiger partial charge is 0.341 e. The number of benzene rings is 1. The summed E-state index contributed by atoms with van der Waals surface area (Å²) < 4.78 is 0. The van der Waals surface area contributed by atoms with Gasteiger partial charge in [0.05, 0.1) is 5.41 Å². The fraction of sp³-hybridized carbons (Fsp3) is 0.565. The monoisotopic (exact) mass is 409 g/mol. The number of fused-ring (bicyclic) bond motifs is 1. The Bertz CT molecular complexity index is 982. The first-order valence-corrected chi connectivity index (χ1v) is 10.8. The number of H-pyrrole nitrogens is 1. The van der Waals surface area contributed by atoms with Gasteiger partial charge in [-0.15, -0.1) is 0 Å². The van der Waals surface area contributed by atoms with E-state index < -0.39 is 0 Å². The molecule has 2 fully saturated rings. The molecule has 2 aromatic rings. The third-order valence-corrected chi connectivity index (χ3v) is 6.85. The number of aromatic nitrogens is 3. The summed E-state index contributed by atoms with van der Waals surface area (Å²) >= 11 is 0. The fourth-order valence-electron chi connectivity index (χ4n) is 4.89. The predicted octanol–water partition coefficient (Wildman–Crippen LogP) is 2.63. The highest BCUT2D eigenvalue weighted by atomic mass is 16.2. The van der Waals surface area contributed by atoms with Crippen LogP contribution in [0.2, 0.25) is 0 Å². The molecule has 0 radical (unpaired) electrons. The molecule has 3 heterocycles. The van der Waals surface area contributed by atoms with Gasteiger partial charge in [0.25, 0.3) is 5.91 Å². The Balaban J connectivity index is 1.62. The van der Waals surface area contributed by atoms with Crippen molar-refractivity contribution in [2.45, 2.75) is 46.5 Å². The molecule has 0 saturated carbocycles. The van der Waals surface area contributed by atoms with Crippen molar-refractivity contribution in [3.63, 3.8) is 0 Å². The molecule has 2 aliphatic heterocycles. The molecule has 30 heavy (non-hydrogen) atoms. The molecular formula is C23H31N5O2. The number of aromatic amines is 1. The number of carbonyl (C=O) groups is 2. The Morgan fingerprint density at radius 3 is 2.50 bits per heavy atom. The third kappa shape index (κ3) is 3.40. The number of hydrogen-bond acceptors (Lipinski definition) is 4. The van der Waals surface area contributed by atoms with E-state index >= 15 is 0 Å². The molecule has 0 spiro atoms. The van der Waals surface area contributed by atoms with E-state index in [1.165, 1.54) is 5.56 Å². The van der Waals surface area contributed by atoms with Gasteiger partial charge in [0.15, 0.2) is 5.82 Å². The van der Waals surface area contributed by atoms with Gasteiger partial charge in [-0.1, -0.05) is 19.9 Å². The number of carbonyl (C=O) groups excluding carboxylic acids is 2. The summed E-state index contributed by atoms with van der Waals surface area (Å²) in [6.07, 6.45) is 0.757. The predicted molar refractivity (Wildman–Crippen MR) is 114 cm³/mol. The van der Waals surface area contributed by atoms with E-state index in [0.717, 1.165) is 29.2 Å². The van der Waals surface area contributed by atoms with Crippen LogP contribution in [-0.4, -0.2) is 63.0 Å². The molecule has 2 saturated heterocycles. The molecule has 7 heteroatoms. The van der Waals surface area contributed by atoms with Crippen molar-refractivity contribution in [3.05, 3.63) is 46.5 Å². The molecule has 7 nitrogen and oxygen atoms in total. The molecule has 0 bridgehead atoms. The molecule has 2 unspecified atom stereocenters. The van der Waals surface area contributed by atoms with Gasteiger partial charge in [-0.3, -0.25) is 14.7 Å². The van der Waals surface area contributed by atoms with Crippen LogP contribution in [0.1, 0.15) is 53.4 Å². The average Bonchev–Trinajstić information content (AvgIpc) is 3.32. The van der Waals surface area contributed by atoms with Crippen LogP contribution in [0.5, 0.6) is 0 Å². The summed E-state index contributed by atoms with van der Waals surface area (Å²) in [7, 11) is 0. The highest BCUT2D eigenvalue weighted by molar-refractivity contribution is 5.94. The number of rotatable bonds is 3. The Hall–Kier alpha value is -2.70. The van der Waals surface area contributed by atoms with Gasteiger partial charge < -0.3 is 9.80 Å². The second-order valence-electron chi connectivity index (χ2n) is 9.27. The molecule has 2 atom stereocenters. The number of nitrogens with one attached hydrogen (secondary N) is 1. The Morgan fingerprint density at radius 2 is 1.87 bits per heavy atom. The van der Waals surface area contributed by atoms with Crippen LogP contribution in [0.3, 0.4) is 0 Å². The highest BCUT2D eigenvalue weighted by Gasteiger charge is 2.54. The number of aryl methyl sites for hydroxylation is 3. The zero-order chi connectivity index (χ0) is 21.6. The minimum atomic E-state index is -0.296. The summed E-state index contributed by atoms with van der Waals surface area (Å²) in [5.74, 6) is 1.85. The molecule has 1 aromatic heterocycles. The fourth-order valence-corrected chi connectivity index (χ4v) is 4.89. The molecule has 1 aromatic carbocycles. The zero-order valence-electron chi connectivity index (χ0n) is 18.5. The van der Waals surface area contributed by atoms with Crippen molar-refractivity contribution in [1.82, 2.24) is 25.0 Å². The molecule has 2 aliphatic rings. The van der Waals surface area contributed by atoms with Crippen LogP contribution in [0.25, 0.3) is 0 Å². The van der Waals surface area contributed by atoms with Gasteiger partial charge in [-0.25, -0.2) is 4.98 Å². The summed E-state index contributed by atoms with van der Waals surface area (Å²) in [5, 5.41) is 7.45. The van der Waals surface area contributed by atoms with E-state index in [0.29, 0.717) is 26.2 Å². The van der Waals surface area contributed by atoms with Crippen molar-refractivity contribution in [2.75, 3.05) is 26.2 Å². The normalized spacial score (nSPS) is 23.7. The van der Waals surface area contributed by atoms with E-state index in [-0.39, 0.29) is 29.1 Å². The standard InChI is InChI=1S/C23H31N5O2/c1-14(2)20(29)28-12-19-11-27(21(30)18-7-6-15(3)16(4)10-18)9-8-23(19,13-28)22-24-17(5)25-26-22/h6-7,10,14,19H,8-9,11-13H2,1-5H3,(H,24,25,26). The maximum Gasteiger partial charge on any atom is 0.253 e. The van der Waals surface area contributed by atoms with Gasteiger partial charge in [0.2, 0.25) is 5.91 Å². The third-order valence-electron chi connectivity index (χ3n) is 6.85. The highest BCUT2D eigenvalue weighted by Crippen LogP contribution is 2.44. The van der Waals surface area contributed by atoms with Crippen LogP contribution in [0.15, 0.2) is 18.2 Å². The number of likely N-dealkylation sites (tertiary alicyclic amines) is 2. The molecule has 2 amide bonds. The van der Waals surface area contributed by atoms with Crippen molar-refractivity contribution >= 4 is 11.8 Å². The topological polar surface area (TPSA) is 82.2 Å². The lowest BCUT2D eigenvalue weighted by atomic mass is 9.71. The van der Waals surface area contributed by atoms with Gasteiger partial charge in [0, 0.05) is 43.6 Å². The van der Waals surface area contributed by atoms with Gasteiger partial charge in [0.1, 0.15) is 5.82 Å². The van der Waals surface area contributed by atoms with Gasteiger partial charge >= 0.3 is 0 Å². The number of piperidine rings is 1. The first-order valence-electron chi connectivity index (χ1n) is 10.8. The van der Waals surface area contributed by atoms with Crippen LogP contribution >= 0.6 is 0 Å². The minimum absolute atomic E-state index is 0.0515. The SMILES string of the molecule is Cc1nc(C23CCN(C(=O)c4ccc(C)c(C)c4)CC2CN(C(=O)C(C)C)C3)n[nH]1. The van der Waals surface area contributed by atoms with E-state index in [4.69, 9.17) is 0 Å². The van der Waals surface area contributed by atoms with E-state index in [1.807, 2.05) is 55.7 Å². The Morgan fingerprint density at radius 1 is 1.13 bits per heavy atom. The summed E-state index contributed by atoms with van der Waals surface area (Å²) in [5.41, 5.74) is 2.74. The molecule has 0 aliphatic carbocycles. The van der Waals surface area contributed by atoms with Gasteiger partial charge in [-0.05, 0) is 50.5 Å². The van der Waals surface area contributed by atoms with Crippen molar-refractivity contribution < 1.29 is 9.59 Å². The maximum atomic E-state index is 13.2. The van der Waals surface area contributed by atoms with E-state index in [9.17, 15) is 9.59 Å². The van der Waals surface area contributed by atoms with E-state index in [1.54, 1.807) is 0 Å². The van der Waals surface area contributed by atoms with E-state index in [2.05, 4.69) is 22.1 Å². The summed E-state index contributed by atoms with van der Waals surface area (Å²) in [4.78, 5) is 34.5. The molecule has 160 valence electrons. The summed E-state index contributed by atoms with van der Waals surface area (Å²) in [6, 6.07) is 5.89. The lowest BCUT2D eigenvalue weighted by Crippen LogP contribution is -2.51. The second kappa shape index (κ2) is 7.52. The molecule has 1 N–H and O–H groups in total. The summed E-state index contributed by atoms with van der Waals surface area (Å²) in [6.45, 7) is 12.4. The first-order chi connectivity index (χ1) is 14.2. The Kier molecular flexibility index (Phi) is 5.16. The van der Waals surface area contributed by atoms with Crippen molar-refractivity contribution in [2.24, 2.45) is 11.8 Å². The van der Waals surface area contributed by atoms with Crippen molar-refractivity contribution in [1.29, 1.82) is 0 Å².